The minimum absolute atomic E-state index is 0.0936. The van der Waals surface area contributed by atoms with Gasteiger partial charge in [0, 0.05) is 6.42 Å². The summed E-state index contributed by atoms with van der Waals surface area (Å²) >= 11 is 0. The minimum atomic E-state index is -0.0936. The fourth-order valence-electron chi connectivity index (χ4n) is 2.65. The molecule has 0 unspecified atom stereocenters. The normalized spacial score (nSPS) is 10.8. The van der Waals surface area contributed by atoms with Crippen LogP contribution in [0.4, 0.5) is 0 Å². The van der Waals surface area contributed by atoms with Crippen LogP contribution in [0.1, 0.15) is 103 Å². The van der Waals surface area contributed by atoms with Crippen molar-refractivity contribution in [2.45, 2.75) is 103 Å². The van der Waals surface area contributed by atoms with Crippen molar-refractivity contribution in [1.29, 1.82) is 0 Å². The van der Waals surface area contributed by atoms with Gasteiger partial charge in [-0.15, -0.1) is 0 Å². The molecule has 0 amide bonds. The predicted octanol–water partition coefficient (Wildman–Crippen LogP) is 6.24. The average molecular weight is 298 g/mol. The molecule has 21 heavy (non-hydrogen) atoms. The fraction of sp³-hybridized carbons (Fsp3) is 0.895. The van der Waals surface area contributed by atoms with Gasteiger partial charge in [-0.25, -0.2) is 0 Å². The van der Waals surface area contributed by atoms with Gasteiger partial charge in [0.25, 0.3) is 0 Å². The van der Waals surface area contributed by atoms with Crippen molar-refractivity contribution >= 4 is 5.97 Å². The third kappa shape index (κ3) is 17.4. The predicted molar refractivity (Wildman–Crippen MR) is 91.2 cm³/mol. The molecule has 0 N–H and O–H groups in total. The molecule has 125 valence electrons. The van der Waals surface area contributed by atoms with Crippen molar-refractivity contribution in [3.05, 3.63) is 6.92 Å². The Morgan fingerprint density at radius 1 is 0.714 bits per heavy atom. The van der Waals surface area contributed by atoms with E-state index < -0.39 is 0 Å². The van der Waals surface area contributed by atoms with E-state index in [1.807, 2.05) is 0 Å². The molecule has 0 aromatic carbocycles. The van der Waals surface area contributed by atoms with Crippen molar-refractivity contribution in [2.24, 2.45) is 0 Å². The van der Waals surface area contributed by atoms with Gasteiger partial charge in [-0.1, -0.05) is 90.4 Å². The molecule has 0 aliphatic carbocycles. The van der Waals surface area contributed by atoms with Crippen LogP contribution in [0.15, 0.2) is 0 Å². The fourth-order valence-corrected chi connectivity index (χ4v) is 2.65. The van der Waals surface area contributed by atoms with E-state index in [1.165, 1.54) is 77.0 Å². The van der Waals surface area contributed by atoms with E-state index in [0.717, 1.165) is 12.8 Å². The topological polar surface area (TPSA) is 26.3 Å². The molecule has 0 spiro atoms. The highest BCUT2D eigenvalue weighted by atomic mass is 16.5. The van der Waals surface area contributed by atoms with Crippen molar-refractivity contribution in [3.63, 3.8) is 0 Å². The number of ether oxygens (including phenoxy) is 1. The molecule has 1 radical (unpaired) electrons. The quantitative estimate of drug-likeness (QED) is 0.249. The summed E-state index contributed by atoms with van der Waals surface area (Å²) in [6.45, 7) is 6.03. The van der Waals surface area contributed by atoms with Crippen LogP contribution in [0.3, 0.4) is 0 Å². The molecule has 0 heterocycles. The van der Waals surface area contributed by atoms with E-state index >= 15 is 0 Å². The second kappa shape index (κ2) is 17.5. The van der Waals surface area contributed by atoms with Crippen molar-refractivity contribution in [2.75, 3.05) is 6.61 Å². The molecule has 0 rings (SSSR count). The van der Waals surface area contributed by atoms with Crippen molar-refractivity contribution in [3.8, 4) is 0 Å². The smallest absolute Gasteiger partial charge is 0.305 e. The average Bonchev–Trinajstić information content (AvgIpc) is 2.48. The van der Waals surface area contributed by atoms with Crippen LogP contribution in [0, 0.1) is 6.92 Å². The summed E-state index contributed by atoms with van der Waals surface area (Å²) in [5.74, 6) is -0.0936. The van der Waals surface area contributed by atoms with Crippen LogP contribution in [-0.2, 0) is 9.53 Å². The number of rotatable bonds is 16. The molecule has 0 bridgehead atoms. The zero-order chi connectivity index (χ0) is 15.6. The number of unbranched alkanes of at least 4 members (excludes halogenated alkanes) is 13. The largest absolute Gasteiger partial charge is 0.466 e. The molecule has 0 aromatic rings. The van der Waals surface area contributed by atoms with Crippen LogP contribution in [0.5, 0.6) is 0 Å². The van der Waals surface area contributed by atoms with Crippen molar-refractivity contribution < 1.29 is 9.53 Å². The minimum Gasteiger partial charge on any atom is -0.466 e. The molecule has 2 heteroatoms. The Balaban J connectivity index is 3.01. The van der Waals surface area contributed by atoms with Gasteiger partial charge in [-0.3, -0.25) is 4.79 Å². The van der Waals surface area contributed by atoms with E-state index in [1.54, 1.807) is 0 Å². The molecule has 0 atom stereocenters. The van der Waals surface area contributed by atoms with Gasteiger partial charge < -0.3 is 4.74 Å². The van der Waals surface area contributed by atoms with Gasteiger partial charge >= 0.3 is 5.97 Å². The highest BCUT2D eigenvalue weighted by molar-refractivity contribution is 5.69. The van der Waals surface area contributed by atoms with E-state index in [0.29, 0.717) is 6.42 Å². The Kier molecular flexibility index (Phi) is 17.1. The zero-order valence-corrected chi connectivity index (χ0v) is 14.3. The Bertz CT molecular complexity index is 214. The molecule has 0 aliphatic rings. The van der Waals surface area contributed by atoms with Gasteiger partial charge in [0.15, 0.2) is 0 Å². The zero-order valence-electron chi connectivity index (χ0n) is 14.3. The standard InChI is InChI=1S/C19H37O2/c1-3-5-6-7-8-9-10-11-12-13-14-15-16-17-18-19(20)21-4-2/h2-18H2,1H3. The Morgan fingerprint density at radius 2 is 1.10 bits per heavy atom. The maximum atomic E-state index is 11.1. The maximum absolute atomic E-state index is 11.1. The molecule has 2 nitrogen and oxygen atoms in total. The maximum Gasteiger partial charge on any atom is 0.305 e. The second-order valence-corrected chi connectivity index (χ2v) is 6.07. The number of esters is 1. The van der Waals surface area contributed by atoms with E-state index in [-0.39, 0.29) is 12.6 Å². The summed E-state index contributed by atoms with van der Waals surface area (Å²) in [6, 6.07) is 0. The van der Waals surface area contributed by atoms with Crippen LogP contribution in [-0.4, -0.2) is 12.6 Å². The summed E-state index contributed by atoms with van der Waals surface area (Å²) in [5, 5.41) is 0. The van der Waals surface area contributed by atoms with Gasteiger partial charge in [-0.05, 0) is 13.3 Å². The summed E-state index contributed by atoms with van der Waals surface area (Å²) in [7, 11) is 0. The SMILES string of the molecule is [CH2]COC(=O)CCCCCCCCCCCCCCCC. The van der Waals surface area contributed by atoms with Crippen LogP contribution < -0.4 is 0 Å². The van der Waals surface area contributed by atoms with E-state index in [4.69, 9.17) is 4.74 Å². The monoisotopic (exact) mass is 297 g/mol. The summed E-state index contributed by atoms with van der Waals surface area (Å²) in [4.78, 5) is 11.1. The lowest BCUT2D eigenvalue weighted by Crippen LogP contribution is -2.03. The molecular weight excluding hydrogens is 260 g/mol. The molecule has 0 saturated carbocycles. The lowest BCUT2D eigenvalue weighted by molar-refractivity contribution is -0.142. The van der Waals surface area contributed by atoms with Crippen LogP contribution in [0.25, 0.3) is 0 Å². The first kappa shape index (κ1) is 20.5. The summed E-state index contributed by atoms with van der Waals surface area (Å²) in [6.07, 6.45) is 19.3. The van der Waals surface area contributed by atoms with Gasteiger partial charge in [0.05, 0.1) is 6.61 Å². The lowest BCUT2D eigenvalue weighted by Gasteiger charge is -2.03. The van der Waals surface area contributed by atoms with Gasteiger partial charge in [-0.2, -0.15) is 0 Å². The number of carbonyl (C=O) groups is 1. The Hall–Kier alpha value is -0.530. The lowest BCUT2D eigenvalue weighted by atomic mass is 10.0. The highest BCUT2D eigenvalue weighted by Gasteiger charge is 2.00. The second-order valence-electron chi connectivity index (χ2n) is 6.07. The number of carbonyl (C=O) groups excluding carboxylic acids is 1. The van der Waals surface area contributed by atoms with Gasteiger partial charge in [0.1, 0.15) is 0 Å². The molecule has 0 aromatic heterocycles. The third-order valence-corrected chi connectivity index (χ3v) is 4.00. The first-order chi connectivity index (χ1) is 10.3. The van der Waals surface area contributed by atoms with E-state index in [9.17, 15) is 4.79 Å². The first-order valence-corrected chi connectivity index (χ1v) is 9.26. The molecule has 0 fully saturated rings. The van der Waals surface area contributed by atoms with Crippen molar-refractivity contribution in [1.82, 2.24) is 0 Å². The first-order valence-electron chi connectivity index (χ1n) is 9.26. The Morgan fingerprint density at radius 3 is 1.48 bits per heavy atom. The Labute approximate surface area is 133 Å². The molecule has 0 saturated heterocycles. The molecular formula is C19H37O2. The third-order valence-electron chi connectivity index (χ3n) is 4.00. The highest BCUT2D eigenvalue weighted by Crippen LogP contribution is 2.13. The summed E-state index contributed by atoms with van der Waals surface area (Å²) in [5.41, 5.74) is 0. The van der Waals surface area contributed by atoms with E-state index in [2.05, 4.69) is 13.8 Å². The number of hydrogen-bond acceptors (Lipinski definition) is 2. The summed E-state index contributed by atoms with van der Waals surface area (Å²) < 4.78 is 4.81. The van der Waals surface area contributed by atoms with Crippen LogP contribution >= 0.6 is 0 Å². The van der Waals surface area contributed by atoms with Gasteiger partial charge in [0.2, 0.25) is 0 Å². The number of hydrogen-bond donors (Lipinski definition) is 0. The molecule has 0 aliphatic heterocycles. The van der Waals surface area contributed by atoms with Crippen LogP contribution in [0.2, 0.25) is 0 Å².